The van der Waals surface area contributed by atoms with Gasteiger partial charge in [-0.15, -0.1) is 0 Å². The average Bonchev–Trinajstić information content (AvgIpc) is 3.68. The van der Waals surface area contributed by atoms with Gasteiger partial charge < -0.3 is 20.1 Å². The molecule has 1 aliphatic heterocycles. The molecule has 0 bridgehead atoms. The number of halogens is 5. The summed E-state index contributed by atoms with van der Waals surface area (Å²) in [4.78, 5) is 28.3. The molecule has 2 saturated carbocycles. The second-order valence-electron chi connectivity index (χ2n) is 10.1. The van der Waals surface area contributed by atoms with Gasteiger partial charge in [0.25, 0.3) is 17.9 Å². The zero-order valence-electron chi connectivity index (χ0n) is 19.7. The van der Waals surface area contributed by atoms with E-state index in [-0.39, 0.29) is 29.3 Å². The van der Waals surface area contributed by atoms with Gasteiger partial charge in [-0.3, -0.25) is 9.59 Å². The topological polar surface area (TPSA) is 66.4 Å². The van der Waals surface area contributed by atoms with Crippen LogP contribution in [0.1, 0.15) is 53.3 Å². The number of nitrogens with zero attached hydrogens (tertiary/aromatic N) is 2. The van der Waals surface area contributed by atoms with Crippen molar-refractivity contribution in [3.63, 3.8) is 0 Å². The minimum Gasteiger partial charge on any atom is -0.381 e. The van der Waals surface area contributed by atoms with E-state index in [1.165, 1.54) is 31.3 Å². The van der Waals surface area contributed by atoms with Crippen molar-refractivity contribution < 1.29 is 26.7 Å². The van der Waals surface area contributed by atoms with E-state index in [0.29, 0.717) is 11.8 Å². The normalized spacial score (nSPS) is 27.8. The SMILES string of the molecule is C[C@@H](NC(=O)c1cn([C@@H]2C[C@H]2C(F)F)c(=O)cc1N[C@@H]1[C@@H]2CN(C)C[C@@H]21)c1cccc(C(F)F)c1F. The first-order chi connectivity index (χ1) is 17.1. The number of piperidine rings is 1. The third kappa shape index (κ3) is 4.49. The number of nitrogens with one attached hydrogen (secondary N) is 2. The number of likely N-dealkylation sites (tertiary alicyclic amines) is 1. The van der Waals surface area contributed by atoms with Crippen molar-refractivity contribution in [3.8, 4) is 0 Å². The molecule has 0 unspecified atom stereocenters. The van der Waals surface area contributed by atoms with Crippen molar-refractivity contribution in [1.82, 2.24) is 14.8 Å². The quantitative estimate of drug-likeness (QED) is 0.523. The maximum atomic E-state index is 14.6. The highest BCUT2D eigenvalue weighted by Crippen LogP contribution is 2.48. The van der Waals surface area contributed by atoms with Gasteiger partial charge in [-0.1, -0.05) is 18.2 Å². The molecule has 1 aromatic heterocycles. The summed E-state index contributed by atoms with van der Waals surface area (Å²) in [5.74, 6) is -1.97. The predicted octanol–water partition coefficient (Wildman–Crippen LogP) is 4.21. The summed E-state index contributed by atoms with van der Waals surface area (Å²) in [6.07, 6.45) is -4.18. The molecular weight excluding hydrogens is 483 g/mol. The van der Waals surface area contributed by atoms with Crippen molar-refractivity contribution in [2.24, 2.45) is 17.8 Å². The van der Waals surface area contributed by atoms with Crippen molar-refractivity contribution in [3.05, 3.63) is 63.3 Å². The Morgan fingerprint density at radius 2 is 1.78 bits per heavy atom. The number of alkyl halides is 4. The lowest BCUT2D eigenvalue weighted by Gasteiger charge is -2.20. The molecule has 2 N–H and O–H groups in total. The summed E-state index contributed by atoms with van der Waals surface area (Å²) >= 11 is 0. The van der Waals surface area contributed by atoms with E-state index < -0.39 is 53.7 Å². The van der Waals surface area contributed by atoms with E-state index in [0.717, 1.165) is 23.7 Å². The molecule has 3 fully saturated rings. The molecule has 11 heteroatoms. The highest BCUT2D eigenvalue weighted by atomic mass is 19.3. The Hall–Kier alpha value is -2.95. The number of fused-ring (bicyclic) bond motifs is 1. The fraction of sp³-hybridized carbons (Fsp3) is 0.520. The summed E-state index contributed by atoms with van der Waals surface area (Å²) in [5.41, 5.74) is -1.02. The number of carbonyl (C=O) groups excluding carboxylic acids is 1. The summed E-state index contributed by atoms with van der Waals surface area (Å²) in [6, 6.07) is 3.24. The molecule has 194 valence electrons. The van der Waals surface area contributed by atoms with Gasteiger partial charge in [-0.05, 0) is 32.2 Å². The van der Waals surface area contributed by atoms with Crippen LogP contribution in [0.15, 0.2) is 35.3 Å². The third-order valence-corrected chi connectivity index (χ3v) is 7.62. The van der Waals surface area contributed by atoms with Gasteiger partial charge in [-0.25, -0.2) is 22.0 Å². The maximum absolute atomic E-state index is 14.6. The van der Waals surface area contributed by atoms with Gasteiger partial charge in [0.15, 0.2) is 0 Å². The molecule has 3 aliphatic rings. The number of anilines is 1. The Morgan fingerprint density at radius 1 is 1.11 bits per heavy atom. The Labute approximate surface area is 204 Å². The lowest BCUT2D eigenvalue weighted by atomic mass is 10.0. The van der Waals surface area contributed by atoms with Crippen LogP contribution in [0.25, 0.3) is 0 Å². The van der Waals surface area contributed by atoms with Gasteiger partial charge in [-0.2, -0.15) is 0 Å². The van der Waals surface area contributed by atoms with E-state index in [4.69, 9.17) is 0 Å². The Bertz CT molecular complexity index is 1220. The van der Waals surface area contributed by atoms with Crippen LogP contribution in [0.5, 0.6) is 0 Å². The number of amides is 1. The van der Waals surface area contributed by atoms with Crippen LogP contribution in [0, 0.1) is 23.6 Å². The maximum Gasteiger partial charge on any atom is 0.266 e. The monoisotopic (exact) mass is 510 g/mol. The van der Waals surface area contributed by atoms with Crippen molar-refractivity contribution in [2.45, 2.75) is 44.3 Å². The second-order valence-corrected chi connectivity index (χ2v) is 10.1. The molecule has 1 saturated heterocycles. The van der Waals surface area contributed by atoms with Crippen LogP contribution >= 0.6 is 0 Å². The van der Waals surface area contributed by atoms with Crippen LogP contribution in [-0.2, 0) is 0 Å². The van der Waals surface area contributed by atoms with Crippen LogP contribution in [0.4, 0.5) is 27.6 Å². The van der Waals surface area contributed by atoms with E-state index >= 15 is 0 Å². The summed E-state index contributed by atoms with van der Waals surface area (Å²) in [7, 11) is 2.02. The van der Waals surface area contributed by atoms with Crippen molar-refractivity contribution in [2.75, 3.05) is 25.5 Å². The molecular formula is C25H27F5N4O2. The molecule has 6 atom stereocenters. The molecule has 1 amide bonds. The Kier molecular flexibility index (Phi) is 6.30. The molecule has 2 heterocycles. The van der Waals surface area contributed by atoms with E-state index in [1.807, 2.05) is 7.05 Å². The number of pyridine rings is 1. The van der Waals surface area contributed by atoms with Crippen LogP contribution < -0.4 is 16.2 Å². The Morgan fingerprint density at radius 3 is 2.39 bits per heavy atom. The average molecular weight is 511 g/mol. The number of aromatic nitrogens is 1. The standard InChI is InChI=1S/C25H27F5N4O2/c1-11(12-4-3-5-13(21(12)26)23(27)28)31-25(36)17-10-34(19-6-14(19)24(29)30)20(35)7-18(17)32-22-15-8-33(2)9-16(15)22/h3-5,7,10-11,14-16,19,22-24,32H,6,8-9H2,1-2H3,(H,31,36)/t11-,14-,15-,16+,19-,22-/m1/s1. The minimum atomic E-state index is -3.01. The van der Waals surface area contributed by atoms with Crippen LogP contribution in [0.2, 0.25) is 0 Å². The van der Waals surface area contributed by atoms with Gasteiger partial charge >= 0.3 is 0 Å². The molecule has 1 aromatic carbocycles. The van der Waals surface area contributed by atoms with Crippen molar-refractivity contribution >= 4 is 11.6 Å². The smallest absolute Gasteiger partial charge is 0.266 e. The van der Waals surface area contributed by atoms with Crippen molar-refractivity contribution in [1.29, 1.82) is 0 Å². The molecule has 5 rings (SSSR count). The fourth-order valence-corrected chi connectivity index (χ4v) is 5.45. The highest BCUT2D eigenvalue weighted by Gasteiger charge is 2.55. The summed E-state index contributed by atoms with van der Waals surface area (Å²) in [6.45, 7) is 3.23. The number of rotatable bonds is 8. The second kappa shape index (κ2) is 9.17. The highest BCUT2D eigenvalue weighted by molar-refractivity contribution is 5.99. The predicted molar refractivity (Wildman–Crippen MR) is 123 cm³/mol. The zero-order chi connectivity index (χ0) is 25.9. The van der Waals surface area contributed by atoms with E-state index in [1.54, 1.807) is 0 Å². The molecule has 2 aliphatic carbocycles. The molecule has 6 nitrogen and oxygen atoms in total. The van der Waals surface area contributed by atoms with Gasteiger partial charge in [0, 0.05) is 48.9 Å². The zero-order valence-corrected chi connectivity index (χ0v) is 19.7. The summed E-state index contributed by atoms with van der Waals surface area (Å²) in [5, 5.41) is 5.89. The molecule has 0 radical (unpaired) electrons. The number of carbonyl (C=O) groups is 1. The number of benzene rings is 1. The van der Waals surface area contributed by atoms with Gasteiger partial charge in [0.1, 0.15) is 5.82 Å². The Balaban J connectivity index is 1.42. The van der Waals surface area contributed by atoms with Gasteiger partial charge in [0.2, 0.25) is 6.43 Å². The summed E-state index contributed by atoms with van der Waals surface area (Å²) < 4.78 is 68.4. The largest absolute Gasteiger partial charge is 0.381 e. The molecule has 0 spiro atoms. The van der Waals surface area contributed by atoms with Crippen LogP contribution in [0.3, 0.4) is 0 Å². The number of hydrogen-bond acceptors (Lipinski definition) is 4. The number of hydrogen-bond donors (Lipinski definition) is 2. The van der Waals surface area contributed by atoms with Crippen LogP contribution in [-0.4, -0.2) is 48.0 Å². The van der Waals surface area contributed by atoms with E-state index in [2.05, 4.69) is 15.5 Å². The van der Waals surface area contributed by atoms with Gasteiger partial charge in [0.05, 0.1) is 22.9 Å². The minimum absolute atomic E-state index is 0.0603. The lowest BCUT2D eigenvalue weighted by molar-refractivity contribution is 0.0939. The molecule has 2 aromatic rings. The lowest BCUT2D eigenvalue weighted by Crippen LogP contribution is -2.32. The first-order valence-electron chi connectivity index (χ1n) is 11.9. The first-order valence-corrected chi connectivity index (χ1v) is 11.9. The first kappa shape index (κ1) is 24.7. The fourth-order valence-electron chi connectivity index (χ4n) is 5.45. The molecule has 36 heavy (non-hydrogen) atoms. The third-order valence-electron chi connectivity index (χ3n) is 7.62. The van der Waals surface area contributed by atoms with E-state index in [9.17, 15) is 31.5 Å².